The van der Waals surface area contributed by atoms with E-state index >= 15 is 0 Å². The molecule has 0 aliphatic rings. The molecule has 2 aromatic rings. The predicted molar refractivity (Wildman–Crippen MR) is 68.6 cm³/mol. The Hall–Kier alpha value is -2.44. The second kappa shape index (κ2) is 5.94. The van der Waals surface area contributed by atoms with E-state index in [-0.39, 0.29) is 12.5 Å². The maximum Gasteiger partial charge on any atom is 0.270 e. The highest BCUT2D eigenvalue weighted by atomic mass is 16.5. The number of carbonyl (C=O) groups excluding carboxylic acids is 1. The zero-order valence-electron chi connectivity index (χ0n) is 10.8. The maximum atomic E-state index is 11.9. The molecule has 2 heterocycles. The normalized spacial score (nSPS) is 10.2. The molecule has 2 aromatic heterocycles. The quantitative estimate of drug-likeness (QED) is 0.838. The minimum absolute atomic E-state index is 0.212. The van der Waals surface area contributed by atoms with Crippen molar-refractivity contribution >= 4 is 11.6 Å². The zero-order valence-corrected chi connectivity index (χ0v) is 10.8. The van der Waals surface area contributed by atoms with Gasteiger partial charge in [-0.3, -0.25) is 9.78 Å². The topological polar surface area (TPSA) is 92.9 Å². The van der Waals surface area contributed by atoms with E-state index in [2.05, 4.69) is 25.8 Å². The number of aromatic nitrogens is 3. The number of pyridine rings is 1. The fraction of sp³-hybridized carbons (Fsp3) is 0.333. The third-order valence-electron chi connectivity index (χ3n) is 2.35. The summed E-state index contributed by atoms with van der Waals surface area (Å²) < 4.78 is 4.82. The van der Waals surface area contributed by atoms with Crippen LogP contribution < -0.4 is 10.6 Å². The van der Waals surface area contributed by atoms with Gasteiger partial charge in [0.1, 0.15) is 5.69 Å². The molecule has 7 nitrogen and oxygen atoms in total. The van der Waals surface area contributed by atoms with Gasteiger partial charge in [0.25, 0.3) is 5.91 Å². The first kappa shape index (κ1) is 13.0. The molecule has 0 aliphatic heterocycles. The second-order valence-electron chi connectivity index (χ2n) is 3.87. The van der Waals surface area contributed by atoms with Crippen LogP contribution in [0.2, 0.25) is 0 Å². The minimum atomic E-state index is -0.276. The van der Waals surface area contributed by atoms with Crippen molar-refractivity contribution in [2.24, 2.45) is 0 Å². The highest BCUT2D eigenvalue weighted by Gasteiger charge is 2.09. The number of hydrogen-bond donors (Lipinski definition) is 2. The molecular formula is C12H15N5O2. The van der Waals surface area contributed by atoms with Gasteiger partial charge in [0.05, 0.1) is 6.54 Å². The van der Waals surface area contributed by atoms with E-state index in [1.54, 1.807) is 19.2 Å². The van der Waals surface area contributed by atoms with Crippen LogP contribution in [0.1, 0.15) is 29.1 Å². The number of nitrogens with zero attached hydrogens (tertiary/aromatic N) is 3. The molecule has 0 fully saturated rings. The highest BCUT2D eigenvalue weighted by molar-refractivity contribution is 5.92. The van der Waals surface area contributed by atoms with Gasteiger partial charge >= 0.3 is 0 Å². The lowest BCUT2D eigenvalue weighted by Crippen LogP contribution is -2.24. The lowest BCUT2D eigenvalue weighted by Gasteiger charge is -2.05. The van der Waals surface area contributed by atoms with E-state index in [1.807, 2.05) is 13.0 Å². The Labute approximate surface area is 110 Å². The Morgan fingerprint density at radius 1 is 1.47 bits per heavy atom. The van der Waals surface area contributed by atoms with E-state index in [1.165, 1.54) is 0 Å². The third kappa shape index (κ3) is 3.51. The Balaban J connectivity index is 1.97. The molecule has 19 heavy (non-hydrogen) atoms. The summed E-state index contributed by atoms with van der Waals surface area (Å²) in [5, 5.41) is 9.50. The summed E-state index contributed by atoms with van der Waals surface area (Å²) in [6.07, 6.45) is 1.59. The van der Waals surface area contributed by atoms with E-state index in [9.17, 15) is 4.79 Å². The Kier molecular flexibility index (Phi) is 4.07. The van der Waals surface area contributed by atoms with Crippen LogP contribution in [0, 0.1) is 6.92 Å². The van der Waals surface area contributed by atoms with Crippen molar-refractivity contribution in [1.82, 2.24) is 20.4 Å². The predicted octanol–water partition coefficient (Wildman–Crippen LogP) is 1.13. The standard InChI is InChI=1S/C12H15N5O2/c1-3-13-9-4-5-14-10(6-9)12(18)15-7-11-16-8(2)19-17-11/h4-6H,3,7H2,1-2H3,(H,13,14)(H,15,18). The van der Waals surface area contributed by atoms with Gasteiger partial charge in [0, 0.05) is 25.4 Å². The lowest BCUT2D eigenvalue weighted by atomic mass is 10.3. The number of anilines is 1. The molecule has 0 aliphatic carbocycles. The number of carbonyl (C=O) groups is 1. The van der Waals surface area contributed by atoms with Crippen molar-refractivity contribution in [3.8, 4) is 0 Å². The van der Waals surface area contributed by atoms with Crippen molar-refractivity contribution in [2.45, 2.75) is 20.4 Å². The van der Waals surface area contributed by atoms with E-state index in [4.69, 9.17) is 4.52 Å². The fourth-order valence-corrected chi connectivity index (χ4v) is 1.53. The van der Waals surface area contributed by atoms with Crippen LogP contribution in [-0.2, 0) is 6.54 Å². The molecule has 0 atom stereocenters. The summed E-state index contributed by atoms with van der Waals surface area (Å²) >= 11 is 0. The Morgan fingerprint density at radius 3 is 3.00 bits per heavy atom. The Bertz CT molecular complexity index is 567. The summed E-state index contributed by atoms with van der Waals surface area (Å²) in [5.41, 5.74) is 1.21. The molecule has 0 aromatic carbocycles. The van der Waals surface area contributed by atoms with Crippen LogP contribution in [0.4, 0.5) is 5.69 Å². The number of aryl methyl sites for hydroxylation is 1. The van der Waals surface area contributed by atoms with Crippen molar-refractivity contribution < 1.29 is 9.32 Å². The van der Waals surface area contributed by atoms with Crippen molar-refractivity contribution in [2.75, 3.05) is 11.9 Å². The summed E-state index contributed by atoms with van der Waals surface area (Å²) in [4.78, 5) is 19.9. The molecule has 0 saturated heterocycles. The molecule has 0 unspecified atom stereocenters. The van der Waals surface area contributed by atoms with Crippen LogP contribution in [-0.4, -0.2) is 27.6 Å². The molecule has 7 heteroatoms. The minimum Gasteiger partial charge on any atom is -0.385 e. The summed E-state index contributed by atoms with van der Waals surface area (Å²) in [6, 6.07) is 3.50. The fourth-order valence-electron chi connectivity index (χ4n) is 1.53. The Morgan fingerprint density at radius 2 is 2.32 bits per heavy atom. The third-order valence-corrected chi connectivity index (χ3v) is 2.35. The van der Waals surface area contributed by atoms with E-state index < -0.39 is 0 Å². The van der Waals surface area contributed by atoms with Crippen molar-refractivity contribution in [3.05, 3.63) is 35.7 Å². The van der Waals surface area contributed by atoms with E-state index in [0.29, 0.717) is 17.4 Å². The van der Waals surface area contributed by atoms with Gasteiger partial charge in [0.2, 0.25) is 5.89 Å². The van der Waals surface area contributed by atoms with Crippen LogP contribution >= 0.6 is 0 Å². The smallest absolute Gasteiger partial charge is 0.270 e. The van der Waals surface area contributed by atoms with Gasteiger partial charge in [0.15, 0.2) is 5.82 Å². The summed E-state index contributed by atoms with van der Waals surface area (Å²) in [7, 11) is 0. The summed E-state index contributed by atoms with van der Waals surface area (Å²) in [6.45, 7) is 4.68. The maximum absolute atomic E-state index is 11.9. The van der Waals surface area contributed by atoms with Gasteiger partial charge in [-0.25, -0.2) is 0 Å². The van der Waals surface area contributed by atoms with Crippen LogP contribution in [0.15, 0.2) is 22.9 Å². The average molecular weight is 261 g/mol. The molecule has 0 radical (unpaired) electrons. The number of amides is 1. The first-order chi connectivity index (χ1) is 9.19. The number of rotatable bonds is 5. The molecule has 1 amide bonds. The zero-order chi connectivity index (χ0) is 13.7. The first-order valence-electron chi connectivity index (χ1n) is 5.96. The van der Waals surface area contributed by atoms with E-state index in [0.717, 1.165) is 12.2 Å². The van der Waals surface area contributed by atoms with Gasteiger partial charge in [-0.15, -0.1) is 0 Å². The lowest BCUT2D eigenvalue weighted by molar-refractivity contribution is 0.0944. The SMILES string of the molecule is CCNc1ccnc(C(=O)NCc2noc(C)n2)c1. The summed E-state index contributed by atoms with van der Waals surface area (Å²) in [5.74, 6) is 0.632. The van der Waals surface area contributed by atoms with Gasteiger partial charge < -0.3 is 15.2 Å². The second-order valence-corrected chi connectivity index (χ2v) is 3.87. The van der Waals surface area contributed by atoms with Crippen molar-refractivity contribution in [1.29, 1.82) is 0 Å². The van der Waals surface area contributed by atoms with Gasteiger partial charge in [-0.05, 0) is 19.1 Å². The van der Waals surface area contributed by atoms with Crippen LogP contribution in [0.3, 0.4) is 0 Å². The molecule has 2 N–H and O–H groups in total. The molecule has 2 rings (SSSR count). The molecular weight excluding hydrogens is 246 g/mol. The molecule has 100 valence electrons. The average Bonchev–Trinajstić information content (AvgIpc) is 2.82. The first-order valence-corrected chi connectivity index (χ1v) is 5.96. The molecule has 0 spiro atoms. The van der Waals surface area contributed by atoms with Crippen LogP contribution in [0.25, 0.3) is 0 Å². The van der Waals surface area contributed by atoms with Crippen LogP contribution in [0.5, 0.6) is 0 Å². The van der Waals surface area contributed by atoms with Gasteiger partial charge in [-0.2, -0.15) is 4.98 Å². The number of nitrogens with one attached hydrogen (secondary N) is 2. The highest BCUT2D eigenvalue weighted by Crippen LogP contribution is 2.07. The molecule has 0 bridgehead atoms. The largest absolute Gasteiger partial charge is 0.385 e. The van der Waals surface area contributed by atoms with Gasteiger partial charge in [-0.1, -0.05) is 5.16 Å². The monoisotopic (exact) mass is 261 g/mol. The number of hydrogen-bond acceptors (Lipinski definition) is 6. The molecule has 0 saturated carbocycles. The van der Waals surface area contributed by atoms with Crippen molar-refractivity contribution in [3.63, 3.8) is 0 Å².